The van der Waals surface area contributed by atoms with Gasteiger partial charge >= 0.3 is 0 Å². The van der Waals surface area contributed by atoms with Gasteiger partial charge in [0.1, 0.15) is 5.82 Å². The molecule has 0 saturated heterocycles. The zero-order valence-corrected chi connectivity index (χ0v) is 13.7. The number of nitrogens with one attached hydrogen (secondary N) is 2. The van der Waals surface area contributed by atoms with Crippen LogP contribution in [0.25, 0.3) is 0 Å². The van der Waals surface area contributed by atoms with Crippen molar-refractivity contribution in [2.75, 3.05) is 17.2 Å². The average molecular weight is 342 g/mol. The van der Waals surface area contributed by atoms with Crippen LogP contribution in [0.2, 0.25) is 0 Å². The van der Waals surface area contributed by atoms with Gasteiger partial charge in [0.15, 0.2) is 12.4 Å². The standard InChI is InChI=1S/C19H19FN2O3/c20-14-10-8-13(9-11-14)4-1-2-7-17(23)21-15-5-3-6-16-19(15)25-12-18(24)22-16/h3,5-6,8-11H,1-2,4,7,12H2,(H,21,23)(H,22,24). The lowest BCUT2D eigenvalue weighted by Gasteiger charge is -2.20. The summed E-state index contributed by atoms with van der Waals surface area (Å²) in [6, 6.07) is 11.6. The zero-order chi connectivity index (χ0) is 17.6. The molecule has 0 radical (unpaired) electrons. The Bertz CT molecular complexity index is 775. The molecular formula is C19H19FN2O3. The zero-order valence-electron chi connectivity index (χ0n) is 13.7. The maximum absolute atomic E-state index is 12.8. The van der Waals surface area contributed by atoms with E-state index in [1.807, 2.05) is 0 Å². The Labute approximate surface area is 145 Å². The van der Waals surface area contributed by atoms with E-state index in [2.05, 4.69) is 10.6 Å². The van der Waals surface area contributed by atoms with E-state index in [1.165, 1.54) is 12.1 Å². The minimum absolute atomic E-state index is 0.0580. The van der Waals surface area contributed by atoms with Crippen molar-refractivity contribution in [1.29, 1.82) is 0 Å². The summed E-state index contributed by atoms with van der Waals surface area (Å²) in [4.78, 5) is 23.4. The second kappa shape index (κ2) is 7.79. The first-order valence-corrected chi connectivity index (χ1v) is 8.22. The van der Waals surface area contributed by atoms with Crippen molar-refractivity contribution in [3.05, 3.63) is 53.8 Å². The van der Waals surface area contributed by atoms with Gasteiger partial charge in [0.05, 0.1) is 11.4 Å². The largest absolute Gasteiger partial charge is 0.479 e. The molecule has 2 amide bonds. The van der Waals surface area contributed by atoms with Crippen LogP contribution >= 0.6 is 0 Å². The van der Waals surface area contributed by atoms with E-state index >= 15 is 0 Å². The predicted octanol–water partition coefficient (Wildman–Crippen LogP) is 3.51. The Hall–Kier alpha value is -2.89. The second-order valence-corrected chi connectivity index (χ2v) is 5.90. The molecule has 0 bridgehead atoms. The van der Waals surface area contributed by atoms with Crippen molar-refractivity contribution in [3.8, 4) is 5.75 Å². The molecule has 0 saturated carbocycles. The van der Waals surface area contributed by atoms with E-state index in [1.54, 1.807) is 30.3 Å². The predicted molar refractivity (Wildman–Crippen MR) is 93.2 cm³/mol. The number of benzene rings is 2. The molecule has 0 atom stereocenters. The number of anilines is 2. The van der Waals surface area contributed by atoms with E-state index in [0.29, 0.717) is 23.5 Å². The van der Waals surface area contributed by atoms with Crippen LogP contribution < -0.4 is 15.4 Å². The number of hydrogen-bond donors (Lipinski definition) is 2. The lowest BCUT2D eigenvalue weighted by atomic mass is 10.1. The molecular weight excluding hydrogens is 323 g/mol. The molecule has 3 rings (SSSR count). The smallest absolute Gasteiger partial charge is 0.262 e. The minimum Gasteiger partial charge on any atom is -0.479 e. The topological polar surface area (TPSA) is 67.4 Å². The van der Waals surface area contributed by atoms with Crippen molar-refractivity contribution in [3.63, 3.8) is 0 Å². The maximum Gasteiger partial charge on any atom is 0.262 e. The van der Waals surface area contributed by atoms with Crippen LogP contribution in [0.3, 0.4) is 0 Å². The van der Waals surface area contributed by atoms with Crippen molar-refractivity contribution in [1.82, 2.24) is 0 Å². The molecule has 1 aliphatic heterocycles. The molecule has 0 spiro atoms. The van der Waals surface area contributed by atoms with Crippen molar-refractivity contribution in [2.45, 2.75) is 25.7 Å². The first-order valence-electron chi connectivity index (χ1n) is 8.22. The van der Waals surface area contributed by atoms with E-state index in [4.69, 9.17) is 4.74 Å². The van der Waals surface area contributed by atoms with Crippen LogP contribution in [0, 0.1) is 5.82 Å². The second-order valence-electron chi connectivity index (χ2n) is 5.90. The quantitative estimate of drug-likeness (QED) is 0.790. The highest BCUT2D eigenvalue weighted by molar-refractivity contribution is 5.99. The fourth-order valence-corrected chi connectivity index (χ4v) is 2.69. The van der Waals surface area contributed by atoms with Gasteiger partial charge in [-0.05, 0) is 49.1 Å². The molecule has 1 aliphatic rings. The van der Waals surface area contributed by atoms with Gasteiger partial charge in [-0.1, -0.05) is 18.2 Å². The van der Waals surface area contributed by atoms with Gasteiger partial charge in [0, 0.05) is 6.42 Å². The number of amides is 2. The number of hydrogen-bond acceptors (Lipinski definition) is 3. The molecule has 5 nitrogen and oxygen atoms in total. The van der Waals surface area contributed by atoms with Crippen LogP contribution in [0.5, 0.6) is 5.75 Å². The molecule has 130 valence electrons. The Balaban J connectivity index is 1.47. The SMILES string of the molecule is O=C(CCCCc1ccc(F)cc1)Nc1cccc2c1OCC(=O)N2. The van der Waals surface area contributed by atoms with Crippen LogP contribution in [-0.2, 0) is 16.0 Å². The number of carbonyl (C=O) groups is 2. The molecule has 1 heterocycles. The van der Waals surface area contributed by atoms with Crippen molar-refractivity contribution >= 4 is 23.2 Å². The summed E-state index contributed by atoms with van der Waals surface area (Å²) in [7, 11) is 0. The third-order valence-electron chi connectivity index (χ3n) is 3.94. The first-order chi connectivity index (χ1) is 12.1. The van der Waals surface area contributed by atoms with Crippen molar-refractivity contribution in [2.24, 2.45) is 0 Å². The van der Waals surface area contributed by atoms with Crippen LogP contribution in [0.4, 0.5) is 15.8 Å². The highest BCUT2D eigenvalue weighted by atomic mass is 19.1. The minimum atomic E-state index is -0.243. The number of fused-ring (bicyclic) bond motifs is 1. The van der Waals surface area contributed by atoms with E-state index in [9.17, 15) is 14.0 Å². The maximum atomic E-state index is 12.8. The summed E-state index contributed by atoms with van der Waals surface area (Å²) >= 11 is 0. The fraction of sp³-hybridized carbons (Fsp3) is 0.263. The number of ether oxygens (including phenoxy) is 1. The number of unbranched alkanes of at least 4 members (excludes halogenated alkanes) is 1. The molecule has 0 fully saturated rings. The van der Waals surface area contributed by atoms with Crippen LogP contribution in [0.1, 0.15) is 24.8 Å². The lowest BCUT2D eigenvalue weighted by molar-refractivity contribution is -0.118. The van der Waals surface area contributed by atoms with Gasteiger partial charge in [-0.25, -0.2) is 4.39 Å². The van der Waals surface area contributed by atoms with Crippen LogP contribution in [-0.4, -0.2) is 18.4 Å². The van der Waals surface area contributed by atoms with Gasteiger partial charge in [-0.2, -0.15) is 0 Å². The summed E-state index contributed by atoms with van der Waals surface area (Å²) in [5, 5.41) is 5.53. The highest BCUT2D eigenvalue weighted by Crippen LogP contribution is 2.35. The highest BCUT2D eigenvalue weighted by Gasteiger charge is 2.19. The van der Waals surface area contributed by atoms with E-state index in [0.717, 1.165) is 24.8 Å². The molecule has 25 heavy (non-hydrogen) atoms. The normalized spacial score (nSPS) is 12.8. The number of aryl methyl sites for hydroxylation is 1. The molecule has 0 aliphatic carbocycles. The summed E-state index contributed by atoms with van der Waals surface area (Å²) < 4.78 is 18.2. The summed E-state index contributed by atoms with van der Waals surface area (Å²) in [6.45, 7) is -0.0580. The van der Waals surface area contributed by atoms with Gasteiger partial charge in [0.2, 0.25) is 5.91 Å². The third kappa shape index (κ3) is 4.56. The molecule has 0 aromatic heterocycles. The van der Waals surface area contributed by atoms with Gasteiger partial charge in [-0.15, -0.1) is 0 Å². The van der Waals surface area contributed by atoms with Gasteiger partial charge in [-0.3, -0.25) is 9.59 Å². The first kappa shape index (κ1) is 17.0. The van der Waals surface area contributed by atoms with E-state index in [-0.39, 0.29) is 24.2 Å². The summed E-state index contributed by atoms with van der Waals surface area (Å²) in [5.41, 5.74) is 2.18. The number of para-hydroxylation sites is 1. The molecule has 6 heteroatoms. The number of rotatable bonds is 6. The van der Waals surface area contributed by atoms with Crippen molar-refractivity contribution < 1.29 is 18.7 Å². The van der Waals surface area contributed by atoms with Gasteiger partial charge < -0.3 is 15.4 Å². The summed E-state index contributed by atoms with van der Waals surface area (Å²) in [5.74, 6) is -0.0701. The van der Waals surface area contributed by atoms with Gasteiger partial charge in [0.25, 0.3) is 5.91 Å². The Morgan fingerprint density at radius 2 is 1.96 bits per heavy atom. The van der Waals surface area contributed by atoms with Crippen LogP contribution in [0.15, 0.2) is 42.5 Å². The Kier molecular flexibility index (Phi) is 5.28. The Morgan fingerprint density at radius 3 is 2.76 bits per heavy atom. The van der Waals surface area contributed by atoms with E-state index < -0.39 is 0 Å². The Morgan fingerprint density at radius 1 is 1.16 bits per heavy atom. The lowest BCUT2D eigenvalue weighted by Crippen LogP contribution is -2.26. The molecule has 0 unspecified atom stereocenters. The average Bonchev–Trinajstić information content (AvgIpc) is 2.60. The summed E-state index contributed by atoms with van der Waals surface area (Å²) in [6.07, 6.45) is 2.77. The monoisotopic (exact) mass is 342 g/mol. The molecule has 2 aromatic carbocycles. The molecule has 2 aromatic rings. The molecule has 2 N–H and O–H groups in total. The fourth-order valence-electron chi connectivity index (χ4n) is 2.69. The third-order valence-corrected chi connectivity index (χ3v) is 3.94. The number of carbonyl (C=O) groups excluding carboxylic acids is 2. The number of halogens is 1.